The SMILES string of the molecule is CO[C@@H]1C=C2c3ccccc3N(S(=O)(=O)c3ccccc3)[C@H]2n2c(=O)n(-c3ccccc3)c(=O)n21. The number of fused-ring (bicyclic) bond motifs is 5. The van der Waals surface area contributed by atoms with Crippen LogP contribution in [0.15, 0.2) is 105 Å². The largest absolute Gasteiger partial charge is 0.356 e. The standard InChI is InChI=1S/C25H20N4O5S/c1-34-22-16-20-19-14-8-9-15-21(19)29(35(32,33)18-12-6-3-7-13-18)23(20)28-25(31)26(24(30)27(22)28)17-10-4-2-5-11-17/h2-16,22-23H,1H3/t22-,23-/m1/s1. The van der Waals surface area contributed by atoms with Crippen LogP contribution in [0.3, 0.4) is 0 Å². The first-order valence-corrected chi connectivity index (χ1v) is 12.3. The van der Waals surface area contributed by atoms with Crippen LogP contribution in [-0.2, 0) is 14.8 Å². The van der Waals surface area contributed by atoms with Crippen LogP contribution in [-0.4, -0.2) is 29.5 Å². The van der Waals surface area contributed by atoms with Gasteiger partial charge in [-0.15, -0.1) is 0 Å². The summed E-state index contributed by atoms with van der Waals surface area (Å²) in [6, 6.07) is 23.6. The lowest BCUT2D eigenvalue weighted by molar-refractivity contribution is 0.0524. The highest BCUT2D eigenvalue weighted by atomic mass is 32.2. The van der Waals surface area contributed by atoms with Gasteiger partial charge < -0.3 is 4.74 Å². The molecule has 3 heterocycles. The van der Waals surface area contributed by atoms with Gasteiger partial charge in [0.05, 0.1) is 16.3 Å². The minimum Gasteiger partial charge on any atom is -0.356 e. The Kier molecular flexibility index (Phi) is 4.70. The van der Waals surface area contributed by atoms with E-state index in [1.807, 2.05) is 0 Å². The number of aromatic nitrogens is 3. The third kappa shape index (κ3) is 2.93. The molecule has 0 N–H and O–H groups in total. The molecule has 0 saturated heterocycles. The normalized spacial score (nSPS) is 18.5. The van der Waals surface area contributed by atoms with Crippen LogP contribution >= 0.6 is 0 Å². The molecule has 0 radical (unpaired) electrons. The Morgan fingerprint density at radius 2 is 1.37 bits per heavy atom. The summed E-state index contributed by atoms with van der Waals surface area (Å²) in [5.41, 5.74) is 0.719. The second kappa shape index (κ2) is 7.69. The zero-order valence-electron chi connectivity index (χ0n) is 18.6. The maximum atomic E-state index is 13.9. The molecule has 4 aromatic rings. The molecular formula is C25H20N4O5S. The summed E-state index contributed by atoms with van der Waals surface area (Å²) in [4.78, 5) is 27.4. The van der Waals surface area contributed by atoms with Crippen LogP contribution in [0.5, 0.6) is 0 Å². The Bertz CT molecular complexity index is 1700. The van der Waals surface area contributed by atoms with Crippen LogP contribution in [0.4, 0.5) is 5.69 Å². The Morgan fingerprint density at radius 3 is 2.06 bits per heavy atom. The minimum atomic E-state index is -4.11. The molecule has 1 aromatic heterocycles. The van der Waals surface area contributed by atoms with Crippen molar-refractivity contribution in [2.45, 2.75) is 17.3 Å². The van der Waals surface area contributed by atoms with E-state index in [1.165, 1.54) is 32.9 Å². The number of para-hydroxylation sites is 2. The van der Waals surface area contributed by atoms with Crippen molar-refractivity contribution in [1.82, 2.24) is 13.9 Å². The predicted octanol–water partition coefficient (Wildman–Crippen LogP) is 2.75. The number of nitrogens with zero attached hydrogens (tertiary/aromatic N) is 4. The first-order valence-electron chi connectivity index (χ1n) is 10.9. The van der Waals surface area contributed by atoms with Crippen LogP contribution in [0.1, 0.15) is 18.0 Å². The molecule has 3 aromatic carbocycles. The Hall–Kier alpha value is -4.15. The van der Waals surface area contributed by atoms with E-state index in [-0.39, 0.29) is 4.90 Å². The van der Waals surface area contributed by atoms with Gasteiger partial charge >= 0.3 is 11.4 Å². The number of anilines is 1. The third-order valence-corrected chi connectivity index (χ3v) is 8.09. The van der Waals surface area contributed by atoms with E-state index in [2.05, 4.69) is 0 Å². The minimum absolute atomic E-state index is 0.0781. The number of rotatable bonds is 4. The van der Waals surface area contributed by atoms with Gasteiger partial charge in [0.2, 0.25) is 0 Å². The molecule has 2 aliphatic heterocycles. The molecule has 2 atom stereocenters. The summed E-state index contributed by atoms with van der Waals surface area (Å²) in [6.07, 6.45) is -0.312. The average molecular weight is 489 g/mol. The van der Waals surface area contributed by atoms with Crippen LogP contribution in [0.25, 0.3) is 11.3 Å². The summed E-state index contributed by atoms with van der Waals surface area (Å²) < 4.78 is 38.1. The number of benzene rings is 3. The molecule has 0 spiro atoms. The van der Waals surface area contributed by atoms with E-state index in [1.54, 1.807) is 78.9 Å². The van der Waals surface area contributed by atoms with E-state index in [4.69, 9.17) is 4.74 Å². The fourth-order valence-corrected chi connectivity index (χ4v) is 6.41. The molecular weight excluding hydrogens is 468 g/mol. The van der Waals surface area contributed by atoms with Crippen molar-refractivity contribution in [1.29, 1.82) is 0 Å². The molecule has 2 aliphatic rings. The number of hydrogen-bond donors (Lipinski definition) is 0. The summed E-state index contributed by atoms with van der Waals surface area (Å²) in [5, 5.41) is 0. The van der Waals surface area contributed by atoms with E-state index in [0.29, 0.717) is 22.5 Å². The maximum absolute atomic E-state index is 13.9. The Labute approximate surface area is 200 Å². The van der Waals surface area contributed by atoms with Gasteiger partial charge in [0, 0.05) is 18.2 Å². The van der Waals surface area contributed by atoms with E-state index >= 15 is 0 Å². The maximum Gasteiger partial charge on any atom is 0.354 e. The third-order valence-electron chi connectivity index (χ3n) is 6.31. The van der Waals surface area contributed by atoms with Crippen molar-refractivity contribution in [3.63, 3.8) is 0 Å². The smallest absolute Gasteiger partial charge is 0.354 e. The van der Waals surface area contributed by atoms with Crippen LogP contribution in [0, 0.1) is 0 Å². The molecule has 0 bridgehead atoms. The highest BCUT2D eigenvalue weighted by Crippen LogP contribution is 2.50. The number of sulfonamides is 1. The van der Waals surface area contributed by atoms with Gasteiger partial charge in [-0.05, 0) is 36.4 Å². The van der Waals surface area contributed by atoms with Gasteiger partial charge in [-0.3, -0.25) is 0 Å². The average Bonchev–Trinajstić information content (AvgIpc) is 3.36. The summed E-state index contributed by atoms with van der Waals surface area (Å²) in [7, 11) is -2.67. The van der Waals surface area contributed by atoms with Crippen LogP contribution in [0.2, 0.25) is 0 Å². The monoisotopic (exact) mass is 488 g/mol. The topological polar surface area (TPSA) is 95.5 Å². The molecule has 176 valence electrons. The van der Waals surface area contributed by atoms with Gasteiger partial charge in [-0.25, -0.2) is 26.9 Å². The second-order valence-corrected chi connectivity index (χ2v) is 9.99. The van der Waals surface area contributed by atoms with E-state index in [9.17, 15) is 18.0 Å². The van der Waals surface area contributed by atoms with Gasteiger partial charge in [0.25, 0.3) is 10.0 Å². The lowest BCUT2D eigenvalue weighted by Gasteiger charge is -2.32. The van der Waals surface area contributed by atoms with Crippen molar-refractivity contribution < 1.29 is 13.2 Å². The molecule has 0 amide bonds. The van der Waals surface area contributed by atoms with Crippen molar-refractivity contribution in [3.8, 4) is 5.69 Å². The molecule has 0 saturated carbocycles. The molecule has 10 heteroatoms. The van der Waals surface area contributed by atoms with Gasteiger partial charge in [0.15, 0.2) is 12.4 Å². The fraction of sp³-hybridized carbons (Fsp3) is 0.120. The number of ether oxygens (including phenoxy) is 1. The van der Waals surface area contributed by atoms with Gasteiger partial charge in [0.1, 0.15) is 0 Å². The molecule has 6 rings (SSSR count). The zero-order chi connectivity index (χ0) is 24.3. The molecule has 0 fully saturated rings. The van der Waals surface area contributed by atoms with E-state index in [0.717, 1.165) is 4.57 Å². The highest BCUT2D eigenvalue weighted by Gasteiger charge is 2.48. The van der Waals surface area contributed by atoms with Gasteiger partial charge in [-0.2, -0.15) is 9.36 Å². The summed E-state index contributed by atoms with van der Waals surface area (Å²) >= 11 is 0. The predicted molar refractivity (Wildman–Crippen MR) is 130 cm³/mol. The molecule has 35 heavy (non-hydrogen) atoms. The summed E-state index contributed by atoms with van der Waals surface area (Å²) in [5.74, 6) is 0. The first-order chi connectivity index (χ1) is 16.9. The Morgan fingerprint density at radius 1 is 0.771 bits per heavy atom. The molecule has 0 aliphatic carbocycles. The van der Waals surface area contributed by atoms with Crippen molar-refractivity contribution in [2.24, 2.45) is 0 Å². The summed E-state index contributed by atoms with van der Waals surface area (Å²) in [6.45, 7) is 0. The highest BCUT2D eigenvalue weighted by molar-refractivity contribution is 7.92. The van der Waals surface area contributed by atoms with E-state index < -0.39 is 33.8 Å². The lowest BCUT2D eigenvalue weighted by atomic mass is 10.0. The number of methoxy groups -OCH3 is 1. The quantitative estimate of drug-likeness (QED) is 0.440. The van der Waals surface area contributed by atoms with Crippen molar-refractivity contribution >= 4 is 21.3 Å². The fourth-order valence-electron chi connectivity index (χ4n) is 4.80. The van der Waals surface area contributed by atoms with Crippen LogP contribution < -0.4 is 15.7 Å². The Balaban J connectivity index is 1.68. The van der Waals surface area contributed by atoms with Crippen molar-refractivity contribution in [3.05, 3.63) is 118 Å². The molecule has 9 nitrogen and oxygen atoms in total. The first kappa shape index (κ1) is 21.4. The lowest BCUT2D eigenvalue weighted by Crippen LogP contribution is -2.45. The second-order valence-electron chi connectivity index (χ2n) is 8.18. The number of hydrogen-bond acceptors (Lipinski definition) is 5. The van der Waals surface area contributed by atoms with Gasteiger partial charge in [-0.1, -0.05) is 54.6 Å². The molecule has 0 unspecified atom stereocenters. The zero-order valence-corrected chi connectivity index (χ0v) is 19.4. The van der Waals surface area contributed by atoms with Crippen molar-refractivity contribution in [2.75, 3.05) is 11.4 Å².